The van der Waals surface area contributed by atoms with Gasteiger partial charge in [0.2, 0.25) is 0 Å². The van der Waals surface area contributed by atoms with E-state index in [1.54, 1.807) is 0 Å². The Hall–Kier alpha value is -0.970. The predicted molar refractivity (Wildman–Crippen MR) is 47.3 cm³/mol. The summed E-state index contributed by atoms with van der Waals surface area (Å²) >= 11 is 0. The summed E-state index contributed by atoms with van der Waals surface area (Å²) in [7, 11) is 0. The zero-order chi connectivity index (χ0) is 8.10. The Bertz CT molecular complexity index is 207. The third-order valence-electron chi connectivity index (χ3n) is 1.75. The van der Waals surface area contributed by atoms with Crippen molar-refractivity contribution in [2.45, 2.75) is 38.6 Å². The van der Waals surface area contributed by atoms with Crippen molar-refractivity contribution in [3.8, 4) is 11.8 Å². The maximum atomic E-state index is 5.54. The van der Waals surface area contributed by atoms with Gasteiger partial charge in [-0.2, -0.15) is 0 Å². The molecule has 60 valence electrons. The molecule has 1 heterocycles. The summed E-state index contributed by atoms with van der Waals surface area (Å²) in [5, 5.41) is 0. The normalized spacial score (nSPS) is 29.9. The molecule has 1 rings (SSSR count). The molecule has 2 heteroatoms. The third kappa shape index (κ3) is 3.08. The number of hydrogen-bond acceptors (Lipinski definition) is 2. The topological polar surface area (TPSA) is 38.4 Å². The monoisotopic (exact) mass is 150 g/mol. The van der Waals surface area contributed by atoms with Crippen molar-refractivity contribution >= 4 is 5.84 Å². The lowest BCUT2D eigenvalue weighted by Gasteiger charge is -2.03. The molecule has 1 atom stereocenters. The molecule has 11 heavy (non-hydrogen) atoms. The van der Waals surface area contributed by atoms with Gasteiger partial charge < -0.3 is 5.73 Å². The van der Waals surface area contributed by atoms with Gasteiger partial charge in [-0.15, -0.1) is 0 Å². The van der Waals surface area contributed by atoms with Crippen molar-refractivity contribution in [2.75, 3.05) is 0 Å². The Morgan fingerprint density at radius 1 is 1.55 bits per heavy atom. The van der Waals surface area contributed by atoms with E-state index < -0.39 is 0 Å². The molecule has 1 aliphatic heterocycles. The van der Waals surface area contributed by atoms with E-state index in [2.05, 4.69) is 23.8 Å². The van der Waals surface area contributed by atoms with Gasteiger partial charge in [0, 0.05) is 6.42 Å². The van der Waals surface area contributed by atoms with Crippen molar-refractivity contribution in [1.29, 1.82) is 0 Å². The summed E-state index contributed by atoms with van der Waals surface area (Å²) in [6, 6.07) is 0.349. The van der Waals surface area contributed by atoms with Crippen LogP contribution in [0.3, 0.4) is 0 Å². The summed E-state index contributed by atoms with van der Waals surface area (Å²) in [5.74, 6) is 6.32. The van der Waals surface area contributed by atoms with Gasteiger partial charge >= 0.3 is 0 Å². The molecule has 0 aliphatic carbocycles. The second-order valence-corrected chi connectivity index (χ2v) is 2.91. The first-order chi connectivity index (χ1) is 5.29. The Morgan fingerprint density at radius 3 is 3.18 bits per heavy atom. The van der Waals surface area contributed by atoms with Crippen LogP contribution in [0.15, 0.2) is 4.99 Å². The summed E-state index contributed by atoms with van der Waals surface area (Å²) in [4.78, 5) is 4.22. The van der Waals surface area contributed by atoms with E-state index in [1.807, 2.05) is 0 Å². The Labute approximate surface area is 67.9 Å². The molecule has 2 N–H and O–H groups in total. The molecular formula is C9H14N2. The van der Waals surface area contributed by atoms with E-state index in [9.17, 15) is 0 Å². The van der Waals surface area contributed by atoms with Gasteiger partial charge in [0.1, 0.15) is 0 Å². The van der Waals surface area contributed by atoms with Crippen LogP contribution < -0.4 is 5.73 Å². The van der Waals surface area contributed by atoms with Crippen molar-refractivity contribution in [3.63, 3.8) is 0 Å². The highest BCUT2D eigenvalue weighted by molar-refractivity contribution is 5.97. The van der Waals surface area contributed by atoms with E-state index >= 15 is 0 Å². The van der Waals surface area contributed by atoms with Crippen LogP contribution in [0.2, 0.25) is 0 Å². The quantitative estimate of drug-likeness (QED) is 0.519. The molecule has 0 saturated heterocycles. The summed E-state index contributed by atoms with van der Waals surface area (Å²) in [5.41, 5.74) is 5.54. The SMILES string of the molecule is CC1CCCCC#C/C(N)=N\1. The zero-order valence-corrected chi connectivity index (χ0v) is 6.93. The average molecular weight is 150 g/mol. The van der Waals surface area contributed by atoms with Crippen molar-refractivity contribution in [1.82, 2.24) is 0 Å². The standard InChI is InChI=1S/C9H14N2/c1-8-6-4-2-3-5-7-9(10)11-8/h8H,2-4,6H2,1H3,(H2,10,11). The lowest BCUT2D eigenvalue weighted by Crippen LogP contribution is -2.12. The first-order valence-corrected chi connectivity index (χ1v) is 4.11. The molecule has 0 aromatic rings. The summed E-state index contributed by atoms with van der Waals surface area (Å²) in [6.07, 6.45) is 4.49. The lowest BCUT2D eigenvalue weighted by molar-refractivity contribution is 0.607. The minimum Gasteiger partial charge on any atom is -0.377 e. The molecule has 2 nitrogen and oxygen atoms in total. The van der Waals surface area contributed by atoms with Crippen molar-refractivity contribution in [3.05, 3.63) is 0 Å². The molecule has 0 fully saturated rings. The Balaban J connectivity index is 2.63. The molecule has 1 unspecified atom stereocenters. The maximum Gasteiger partial charge on any atom is 0.171 e. The zero-order valence-electron chi connectivity index (χ0n) is 6.93. The second kappa shape index (κ2) is 4.02. The van der Waals surface area contributed by atoms with Gasteiger partial charge in [0.25, 0.3) is 0 Å². The van der Waals surface area contributed by atoms with Crippen LogP contribution in [0.1, 0.15) is 32.6 Å². The smallest absolute Gasteiger partial charge is 0.171 e. The van der Waals surface area contributed by atoms with Crippen LogP contribution in [-0.4, -0.2) is 11.9 Å². The van der Waals surface area contributed by atoms with Crippen LogP contribution in [-0.2, 0) is 0 Å². The number of rotatable bonds is 0. The molecule has 0 spiro atoms. The van der Waals surface area contributed by atoms with E-state index in [1.165, 1.54) is 12.8 Å². The van der Waals surface area contributed by atoms with Gasteiger partial charge in [0.05, 0.1) is 6.04 Å². The van der Waals surface area contributed by atoms with Gasteiger partial charge in [-0.1, -0.05) is 12.3 Å². The molecule has 0 aromatic carbocycles. The maximum absolute atomic E-state index is 5.54. The second-order valence-electron chi connectivity index (χ2n) is 2.91. The molecule has 1 aliphatic rings. The average Bonchev–Trinajstić information content (AvgIpc) is 2.02. The fourth-order valence-corrected chi connectivity index (χ4v) is 1.14. The fraction of sp³-hybridized carbons (Fsp3) is 0.667. The largest absolute Gasteiger partial charge is 0.377 e. The molecule has 0 radical (unpaired) electrons. The number of aliphatic imine (C=N–C) groups is 1. The van der Waals surface area contributed by atoms with Gasteiger partial charge in [-0.3, -0.25) is 4.99 Å². The predicted octanol–water partition coefficient (Wildman–Crippen LogP) is 1.31. The summed E-state index contributed by atoms with van der Waals surface area (Å²) < 4.78 is 0. The van der Waals surface area contributed by atoms with Crippen LogP contribution in [0.25, 0.3) is 0 Å². The van der Waals surface area contributed by atoms with Crippen LogP contribution >= 0.6 is 0 Å². The molecular weight excluding hydrogens is 136 g/mol. The fourth-order valence-electron chi connectivity index (χ4n) is 1.14. The van der Waals surface area contributed by atoms with E-state index in [0.29, 0.717) is 11.9 Å². The van der Waals surface area contributed by atoms with Gasteiger partial charge in [-0.25, -0.2) is 0 Å². The van der Waals surface area contributed by atoms with E-state index in [-0.39, 0.29) is 0 Å². The number of amidine groups is 1. The van der Waals surface area contributed by atoms with Crippen LogP contribution in [0, 0.1) is 11.8 Å². The lowest BCUT2D eigenvalue weighted by atomic mass is 10.1. The van der Waals surface area contributed by atoms with Crippen molar-refractivity contribution in [2.24, 2.45) is 10.7 Å². The van der Waals surface area contributed by atoms with Crippen molar-refractivity contribution < 1.29 is 0 Å². The molecule has 0 aromatic heterocycles. The Kier molecular flexibility index (Phi) is 2.97. The van der Waals surface area contributed by atoms with Crippen LogP contribution in [0.4, 0.5) is 0 Å². The highest BCUT2D eigenvalue weighted by Gasteiger charge is 2.00. The number of hydrogen-bond donors (Lipinski definition) is 1. The molecule has 0 bridgehead atoms. The minimum absolute atomic E-state index is 0.349. The molecule has 0 amide bonds. The summed E-state index contributed by atoms with van der Waals surface area (Å²) in [6.45, 7) is 2.08. The third-order valence-corrected chi connectivity index (χ3v) is 1.75. The Morgan fingerprint density at radius 2 is 2.36 bits per heavy atom. The van der Waals surface area contributed by atoms with Gasteiger partial charge in [-0.05, 0) is 25.7 Å². The van der Waals surface area contributed by atoms with E-state index in [0.717, 1.165) is 12.8 Å². The first-order valence-electron chi connectivity index (χ1n) is 4.11. The van der Waals surface area contributed by atoms with Gasteiger partial charge in [0.15, 0.2) is 5.84 Å². The van der Waals surface area contributed by atoms with Crippen LogP contribution in [0.5, 0.6) is 0 Å². The number of nitrogens with two attached hydrogens (primary N) is 1. The highest BCUT2D eigenvalue weighted by atomic mass is 14.9. The van der Waals surface area contributed by atoms with E-state index in [4.69, 9.17) is 5.73 Å². The minimum atomic E-state index is 0.349. The molecule has 0 saturated carbocycles. The first kappa shape index (κ1) is 8.13. The number of nitrogens with zero attached hydrogens (tertiary/aromatic N) is 1. The highest BCUT2D eigenvalue weighted by Crippen LogP contribution is 2.06.